The molecule has 1 heterocycles. The average molecular weight is 526 g/mol. The van der Waals surface area contributed by atoms with Gasteiger partial charge in [-0.25, -0.2) is 8.78 Å². The Balaban J connectivity index is 1.50. The molecule has 0 bridgehead atoms. The van der Waals surface area contributed by atoms with Crippen LogP contribution in [0.5, 0.6) is 0 Å². The van der Waals surface area contributed by atoms with Gasteiger partial charge in [-0.1, -0.05) is 15.9 Å². The van der Waals surface area contributed by atoms with Crippen LogP contribution in [0.15, 0.2) is 77.3 Å². The second-order valence-corrected chi connectivity index (χ2v) is 7.89. The minimum atomic E-state index is -0.376. The molecular weight excluding hydrogens is 508 g/mol. The average Bonchev–Trinajstić information content (AvgIpc) is 2.82. The van der Waals surface area contributed by atoms with Crippen molar-refractivity contribution in [3.63, 3.8) is 0 Å². The molecule has 0 unspecified atom stereocenters. The summed E-state index contributed by atoms with van der Waals surface area (Å²) in [6, 6.07) is 18.5. The smallest absolute Gasteiger partial charge is 0.243 e. The zero-order valence-corrected chi connectivity index (χ0v) is 19.1. The Labute approximate surface area is 202 Å². The fourth-order valence-electron chi connectivity index (χ4n) is 2.79. The highest BCUT2D eigenvalue weighted by Crippen LogP contribution is 2.19. The molecule has 4 N–H and O–H groups in total. The van der Waals surface area contributed by atoms with E-state index in [0.717, 1.165) is 4.47 Å². The summed E-state index contributed by atoms with van der Waals surface area (Å²) in [6.45, 7) is -0.105. The summed E-state index contributed by atoms with van der Waals surface area (Å²) in [4.78, 5) is 25.2. The lowest BCUT2D eigenvalue weighted by Crippen LogP contribution is -2.23. The summed E-state index contributed by atoms with van der Waals surface area (Å²) in [5.41, 5.74) is 1.75. The van der Waals surface area contributed by atoms with Crippen molar-refractivity contribution in [1.29, 1.82) is 0 Å². The largest absolute Gasteiger partial charge is 0.345 e. The van der Waals surface area contributed by atoms with Crippen molar-refractivity contribution in [3.05, 3.63) is 88.9 Å². The third-order valence-corrected chi connectivity index (χ3v) is 4.90. The van der Waals surface area contributed by atoms with E-state index in [-0.39, 0.29) is 41.9 Å². The Morgan fingerprint density at radius 2 is 1.12 bits per heavy atom. The van der Waals surface area contributed by atoms with Crippen LogP contribution in [0.1, 0.15) is 0 Å². The Bertz CT molecular complexity index is 1200. The lowest BCUT2D eigenvalue weighted by Gasteiger charge is -2.12. The maximum Gasteiger partial charge on any atom is 0.243 e. The second kappa shape index (κ2) is 10.7. The van der Waals surface area contributed by atoms with Crippen molar-refractivity contribution in [3.8, 4) is 0 Å². The van der Waals surface area contributed by atoms with Crippen molar-refractivity contribution in [2.75, 3.05) is 27.8 Å². The summed E-state index contributed by atoms with van der Waals surface area (Å²) in [5.74, 6) is -0.624. The van der Waals surface area contributed by atoms with E-state index in [2.05, 4.69) is 52.1 Å². The third kappa shape index (κ3) is 6.69. The fourth-order valence-corrected chi connectivity index (χ4v) is 3.05. The number of halogens is 3. The van der Waals surface area contributed by atoms with E-state index in [1.165, 1.54) is 48.5 Å². The number of nitrogens with zero attached hydrogens (tertiary/aromatic N) is 3. The first-order valence-electron chi connectivity index (χ1n) is 10.0. The van der Waals surface area contributed by atoms with Gasteiger partial charge in [0.05, 0.1) is 6.54 Å². The van der Waals surface area contributed by atoms with Gasteiger partial charge >= 0.3 is 0 Å². The lowest BCUT2D eigenvalue weighted by molar-refractivity contribution is -0.114. The van der Waals surface area contributed by atoms with Crippen molar-refractivity contribution in [2.24, 2.45) is 0 Å². The van der Waals surface area contributed by atoms with Crippen molar-refractivity contribution < 1.29 is 13.6 Å². The number of aromatic nitrogens is 3. The SMILES string of the molecule is O=C(CNc1nc(Nc2ccc(F)cc2)nc(Nc2ccc(F)cc2)n1)Nc1ccc(Br)cc1. The molecule has 4 aromatic rings. The molecule has 0 aliphatic heterocycles. The van der Waals surface area contributed by atoms with Gasteiger partial charge in [0.1, 0.15) is 11.6 Å². The summed E-state index contributed by atoms with van der Waals surface area (Å²) in [6.07, 6.45) is 0. The van der Waals surface area contributed by atoms with Crippen LogP contribution in [0, 0.1) is 11.6 Å². The van der Waals surface area contributed by atoms with E-state index in [0.29, 0.717) is 17.1 Å². The molecule has 0 atom stereocenters. The highest BCUT2D eigenvalue weighted by atomic mass is 79.9. The minimum Gasteiger partial charge on any atom is -0.345 e. The van der Waals surface area contributed by atoms with Crippen LogP contribution >= 0.6 is 15.9 Å². The number of nitrogens with one attached hydrogen (secondary N) is 4. The Hall–Kier alpha value is -4.12. The van der Waals surface area contributed by atoms with Gasteiger partial charge in [0.15, 0.2) is 0 Å². The molecular formula is C23H18BrF2N7O. The molecule has 3 aromatic carbocycles. The van der Waals surface area contributed by atoms with Crippen molar-refractivity contribution >= 4 is 56.7 Å². The summed E-state index contributed by atoms with van der Waals surface area (Å²) in [5, 5.41) is 11.6. The Kier molecular flexibility index (Phi) is 7.23. The number of carbonyl (C=O) groups is 1. The third-order valence-electron chi connectivity index (χ3n) is 4.37. The number of anilines is 6. The van der Waals surface area contributed by atoms with E-state index in [1.807, 2.05) is 12.1 Å². The van der Waals surface area contributed by atoms with Crippen LogP contribution in [-0.4, -0.2) is 27.4 Å². The van der Waals surface area contributed by atoms with Gasteiger partial charge in [-0.15, -0.1) is 0 Å². The standard InChI is InChI=1S/C23H18BrF2N7O/c24-14-1-7-17(8-2-14)28-20(34)13-27-21-31-22(29-18-9-3-15(25)4-10-18)33-23(32-21)30-19-11-5-16(26)6-12-19/h1-12H,13H2,(H,28,34)(H3,27,29,30,31,32,33). The maximum atomic E-state index is 13.2. The number of amides is 1. The fraction of sp³-hybridized carbons (Fsp3) is 0.0435. The quantitative estimate of drug-likeness (QED) is 0.242. The molecule has 0 aliphatic carbocycles. The zero-order chi connectivity index (χ0) is 23.9. The molecule has 172 valence electrons. The molecule has 0 saturated carbocycles. The first kappa shape index (κ1) is 23.1. The normalized spacial score (nSPS) is 10.4. The van der Waals surface area contributed by atoms with Crippen LogP contribution in [0.25, 0.3) is 0 Å². The topological polar surface area (TPSA) is 104 Å². The van der Waals surface area contributed by atoms with Gasteiger partial charge in [0.2, 0.25) is 23.8 Å². The van der Waals surface area contributed by atoms with Gasteiger partial charge in [0.25, 0.3) is 0 Å². The summed E-state index contributed by atoms with van der Waals surface area (Å²) < 4.78 is 27.3. The molecule has 11 heteroatoms. The van der Waals surface area contributed by atoms with E-state index in [4.69, 9.17) is 0 Å². The predicted octanol–water partition coefficient (Wildman–Crippen LogP) is 5.45. The molecule has 8 nitrogen and oxygen atoms in total. The molecule has 0 radical (unpaired) electrons. The molecule has 1 aromatic heterocycles. The van der Waals surface area contributed by atoms with E-state index >= 15 is 0 Å². The van der Waals surface area contributed by atoms with Crippen LogP contribution < -0.4 is 21.3 Å². The van der Waals surface area contributed by atoms with Gasteiger partial charge in [-0.2, -0.15) is 15.0 Å². The van der Waals surface area contributed by atoms with Gasteiger partial charge in [-0.3, -0.25) is 4.79 Å². The highest BCUT2D eigenvalue weighted by molar-refractivity contribution is 9.10. The van der Waals surface area contributed by atoms with Crippen molar-refractivity contribution in [2.45, 2.75) is 0 Å². The zero-order valence-electron chi connectivity index (χ0n) is 17.5. The van der Waals surface area contributed by atoms with Crippen LogP contribution in [0.4, 0.5) is 43.7 Å². The second-order valence-electron chi connectivity index (χ2n) is 6.98. The molecule has 34 heavy (non-hydrogen) atoms. The molecule has 0 fully saturated rings. The van der Waals surface area contributed by atoms with E-state index < -0.39 is 0 Å². The summed E-state index contributed by atoms with van der Waals surface area (Å²) >= 11 is 3.34. The monoisotopic (exact) mass is 525 g/mol. The number of benzene rings is 3. The minimum absolute atomic E-state index is 0.105. The number of carbonyl (C=O) groups excluding carboxylic acids is 1. The Morgan fingerprint density at radius 3 is 1.62 bits per heavy atom. The number of rotatable bonds is 8. The summed E-state index contributed by atoms with van der Waals surface area (Å²) in [7, 11) is 0. The first-order chi connectivity index (χ1) is 16.4. The molecule has 0 aliphatic rings. The first-order valence-corrected chi connectivity index (χ1v) is 10.8. The molecule has 0 spiro atoms. The van der Waals surface area contributed by atoms with E-state index in [9.17, 15) is 13.6 Å². The van der Waals surface area contributed by atoms with Crippen LogP contribution in [0.2, 0.25) is 0 Å². The maximum absolute atomic E-state index is 13.2. The van der Waals surface area contributed by atoms with Crippen molar-refractivity contribution in [1.82, 2.24) is 15.0 Å². The number of hydrogen-bond donors (Lipinski definition) is 4. The van der Waals surface area contributed by atoms with Gasteiger partial charge in [-0.05, 0) is 72.8 Å². The predicted molar refractivity (Wildman–Crippen MR) is 130 cm³/mol. The molecule has 4 rings (SSSR count). The molecule has 0 saturated heterocycles. The number of hydrogen-bond acceptors (Lipinski definition) is 7. The highest BCUT2D eigenvalue weighted by Gasteiger charge is 2.10. The van der Waals surface area contributed by atoms with Crippen LogP contribution in [-0.2, 0) is 4.79 Å². The Morgan fingerprint density at radius 1 is 0.676 bits per heavy atom. The molecule has 1 amide bonds. The lowest BCUT2D eigenvalue weighted by atomic mass is 10.3. The van der Waals surface area contributed by atoms with Crippen LogP contribution in [0.3, 0.4) is 0 Å². The van der Waals surface area contributed by atoms with Gasteiger partial charge < -0.3 is 21.3 Å². The van der Waals surface area contributed by atoms with E-state index in [1.54, 1.807) is 12.1 Å². The van der Waals surface area contributed by atoms with Gasteiger partial charge in [0, 0.05) is 21.5 Å².